The first-order chi connectivity index (χ1) is 12.1. The third-order valence-electron chi connectivity index (χ3n) is 3.98. The molecule has 0 fully saturated rings. The van der Waals surface area contributed by atoms with E-state index < -0.39 is 0 Å². The summed E-state index contributed by atoms with van der Waals surface area (Å²) in [5, 5.41) is 2.62. The number of amides is 1. The Kier molecular flexibility index (Phi) is 11.3. The Morgan fingerprint density at radius 1 is 0.960 bits per heavy atom. The standard InChI is InChI=1S/C20H30FNO3/c1-2-3-4-5-6-7-8-9-16-25-19(23)14-15-22-20(24)17-10-12-18(21)13-11-17/h10-13H,2-9,14-16H2,1H3,(H,22,24). The molecule has 1 N–H and O–H groups in total. The molecule has 0 atom stereocenters. The zero-order chi connectivity index (χ0) is 18.3. The van der Waals surface area contributed by atoms with Crippen molar-refractivity contribution in [2.45, 2.75) is 64.7 Å². The first kappa shape index (κ1) is 21.1. The van der Waals surface area contributed by atoms with Crippen molar-refractivity contribution in [3.63, 3.8) is 0 Å². The predicted molar refractivity (Wildman–Crippen MR) is 96.9 cm³/mol. The second kappa shape index (κ2) is 13.4. The molecule has 1 aromatic rings. The van der Waals surface area contributed by atoms with Gasteiger partial charge in [0.2, 0.25) is 0 Å². The molecule has 0 unspecified atom stereocenters. The van der Waals surface area contributed by atoms with E-state index in [4.69, 9.17) is 4.74 Å². The van der Waals surface area contributed by atoms with Gasteiger partial charge in [-0.25, -0.2) is 4.39 Å². The van der Waals surface area contributed by atoms with E-state index in [1.807, 2.05) is 0 Å². The van der Waals surface area contributed by atoms with Crippen molar-refractivity contribution in [1.29, 1.82) is 0 Å². The van der Waals surface area contributed by atoms with Gasteiger partial charge in [0.25, 0.3) is 5.91 Å². The zero-order valence-electron chi connectivity index (χ0n) is 15.2. The SMILES string of the molecule is CCCCCCCCCCOC(=O)CCNC(=O)c1ccc(F)cc1. The minimum absolute atomic E-state index is 0.143. The molecule has 0 radical (unpaired) electrons. The number of carbonyl (C=O) groups excluding carboxylic acids is 2. The van der Waals surface area contributed by atoms with Crippen LogP contribution in [0.25, 0.3) is 0 Å². The number of benzene rings is 1. The van der Waals surface area contributed by atoms with Crippen LogP contribution in [0.1, 0.15) is 75.1 Å². The summed E-state index contributed by atoms with van der Waals surface area (Å²) in [6.45, 7) is 2.87. The monoisotopic (exact) mass is 351 g/mol. The summed E-state index contributed by atoms with van der Waals surface area (Å²) in [6.07, 6.45) is 9.75. The van der Waals surface area contributed by atoms with Crippen LogP contribution in [0.3, 0.4) is 0 Å². The normalized spacial score (nSPS) is 10.5. The molecule has 0 saturated heterocycles. The molecule has 1 rings (SSSR count). The van der Waals surface area contributed by atoms with Crippen LogP contribution in [0.15, 0.2) is 24.3 Å². The lowest BCUT2D eigenvalue weighted by atomic mass is 10.1. The van der Waals surface area contributed by atoms with Gasteiger partial charge in [0, 0.05) is 12.1 Å². The van der Waals surface area contributed by atoms with Gasteiger partial charge in [-0.2, -0.15) is 0 Å². The summed E-state index contributed by atoms with van der Waals surface area (Å²) >= 11 is 0. The number of hydrogen-bond donors (Lipinski definition) is 1. The topological polar surface area (TPSA) is 55.4 Å². The van der Waals surface area contributed by atoms with Crippen molar-refractivity contribution in [3.05, 3.63) is 35.6 Å². The van der Waals surface area contributed by atoms with Gasteiger partial charge in [-0.1, -0.05) is 51.9 Å². The average Bonchev–Trinajstić information content (AvgIpc) is 2.61. The molecule has 0 heterocycles. The van der Waals surface area contributed by atoms with E-state index in [9.17, 15) is 14.0 Å². The number of rotatable bonds is 13. The van der Waals surface area contributed by atoms with Crippen molar-refractivity contribution >= 4 is 11.9 Å². The van der Waals surface area contributed by atoms with Crippen LogP contribution in [-0.2, 0) is 9.53 Å². The number of unbranched alkanes of at least 4 members (excludes halogenated alkanes) is 7. The number of hydrogen-bond acceptors (Lipinski definition) is 3. The summed E-state index contributed by atoms with van der Waals surface area (Å²) in [5.74, 6) is -1.01. The Labute approximate surface area is 150 Å². The van der Waals surface area contributed by atoms with Crippen molar-refractivity contribution in [2.75, 3.05) is 13.2 Å². The van der Waals surface area contributed by atoms with Crippen LogP contribution < -0.4 is 5.32 Å². The molecule has 140 valence electrons. The van der Waals surface area contributed by atoms with Crippen molar-refractivity contribution < 1.29 is 18.7 Å². The molecule has 0 aliphatic heterocycles. The Balaban J connectivity index is 1.98. The first-order valence-corrected chi connectivity index (χ1v) is 9.33. The van der Waals surface area contributed by atoms with E-state index in [2.05, 4.69) is 12.2 Å². The molecular formula is C20H30FNO3. The maximum atomic E-state index is 12.8. The van der Waals surface area contributed by atoms with Gasteiger partial charge in [0.15, 0.2) is 0 Å². The van der Waals surface area contributed by atoms with Gasteiger partial charge in [0.1, 0.15) is 5.82 Å². The largest absolute Gasteiger partial charge is 0.466 e. The fourth-order valence-corrected chi connectivity index (χ4v) is 2.48. The molecule has 1 amide bonds. The second-order valence-corrected chi connectivity index (χ2v) is 6.21. The maximum absolute atomic E-state index is 12.8. The molecule has 0 aromatic heterocycles. The summed E-state index contributed by atoms with van der Waals surface area (Å²) < 4.78 is 17.9. The van der Waals surface area contributed by atoms with E-state index >= 15 is 0 Å². The zero-order valence-corrected chi connectivity index (χ0v) is 15.2. The number of carbonyl (C=O) groups is 2. The lowest BCUT2D eigenvalue weighted by Gasteiger charge is -2.07. The fourth-order valence-electron chi connectivity index (χ4n) is 2.48. The lowest BCUT2D eigenvalue weighted by Crippen LogP contribution is -2.26. The van der Waals surface area contributed by atoms with Crippen LogP contribution >= 0.6 is 0 Å². The quantitative estimate of drug-likeness (QED) is 0.416. The minimum Gasteiger partial charge on any atom is -0.466 e. The highest BCUT2D eigenvalue weighted by Gasteiger charge is 2.07. The van der Waals surface area contributed by atoms with Gasteiger partial charge in [0.05, 0.1) is 13.0 Å². The molecule has 0 saturated carbocycles. The summed E-state index contributed by atoms with van der Waals surface area (Å²) in [4.78, 5) is 23.4. The van der Waals surface area contributed by atoms with Gasteiger partial charge >= 0.3 is 5.97 Å². The number of esters is 1. The summed E-state index contributed by atoms with van der Waals surface area (Å²) in [7, 11) is 0. The number of nitrogens with one attached hydrogen (secondary N) is 1. The molecular weight excluding hydrogens is 321 g/mol. The summed E-state index contributed by atoms with van der Waals surface area (Å²) in [6, 6.07) is 5.27. The molecule has 0 bridgehead atoms. The van der Waals surface area contributed by atoms with Crippen LogP contribution in [0.2, 0.25) is 0 Å². The van der Waals surface area contributed by atoms with E-state index in [-0.39, 0.29) is 30.7 Å². The highest BCUT2D eigenvalue weighted by molar-refractivity contribution is 5.94. The van der Waals surface area contributed by atoms with Gasteiger partial charge in [-0.15, -0.1) is 0 Å². The van der Waals surface area contributed by atoms with Crippen LogP contribution in [0, 0.1) is 5.82 Å². The number of halogens is 1. The Morgan fingerprint density at radius 3 is 2.20 bits per heavy atom. The Hall–Kier alpha value is -1.91. The fraction of sp³-hybridized carbons (Fsp3) is 0.600. The summed E-state index contributed by atoms with van der Waals surface area (Å²) in [5.41, 5.74) is 0.369. The third-order valence-corrected chi connectivity index (χ3v) is 3.98. The van der Waals surface area contributed by atoms with Gasteiger partial charge in [-0.3, -0.25) is 9.59 Å². The smallest absolute Gasteiger partial charge is 0.307 e. The molecule has 1 aromatic carbocycles. The Bertz CT molecular complexity index is 502. The average molecular weight is 351 g/mol. The van der Waals surface area contributed by atoms with E-state index in [1.165, 1.54) is 62.8 Å². The van der Waals surface area contributed by atoms with E-state index in [0.717, 1.165) is 12.8 Å². The lowest BCUT2D eigenvalue weighted by molar-refractivity contribution is -0.143. The highest BCUT2D eigenvalue weighted by Crippen LogP contribution is 2.08. The van der Waals surface area contributed by atoms with Gasteiger partial charge in [-0.05, 0) is 30.7 Å². The van der Waals surface area contributed by atoms with Crippen molar-refractivity contribution in [3.8, 4) is 0 Å². The van der Waals surface area contributed by atoms with E-state index in [1.54, 1.807) is 0 Å². The van der Waals surface area contributed by atoms with E-state index in [0.29, 0.717) is 12.2 Å². The highest BCUT2D eigenvalue weighted by atomic mass is 19.1. The van der Waals surface area contributed by atoms with Crippen molar-refractivity contribution in [2.24, 2.45) is 0 Å². The molecule has 0 spiro atoms. The van der Waals surface area contributed by atoms with Gasteiger partial charge < -0.3 is 10.1 Å². The molecule has 4 nitrogen and oxygen atoms in total. The van der Waals surface area contributed by atoms with Crippen LogP contribution in [-0.4, -0.2) is 25.0 Å². The molecule has 5 heteroatoms. The second-order valence-electron chi connectivity index (χ2n) is 6.21. The maximum Gasteiger partial charge on any atom is 0.307 e. The van der Waals surface area contributed by atoms with Crippen molar-refractivity contribution in [1.82, 2.24) is 5.32 Å². The Morgan fingerprint density at radius 2 is 1.56 bits per heavy atom. The molecule has 0 aliphatic rings. The minimum atomic E-state index is -0.388. The van der Waals surface area contributed by atoms with Crippen LogP contribution in [0.4, 0.5) is 4.39 Å². The van der Waals surface area contributed by atoms with Crippen LogP contribution in [0.5, 0.6) is 0 Å². The molecule has 0 aliphatic carbocycles. The third kappa shape index (κ3) is 10.5. The number of ether oxygens (including phenoxy) is 1. The first-order valence-electron chi connectivity index (χ1n) is 9.33. The molecule has 25 heavy (non-hydrogen) atoms. The predicted octanol–water partition coefficient (Wildman–Crippen LogP) is 4.63.